The number of rotatable bonds is 3. The van der Waals surface area contributed by atoms with E-state index in [-0.39, 0.29) is 17.5 Å². The molecular formula is C14H13Cl2NO2. The van der Waals surface area contributed by atoms with E-state index in [2.05, 4.69) is 5.32 Å². The van der Waals surface area contributed by atoms with Gasteiger partial charge in [0.15, 0.2) is 0 Å². The first kappa shape index (κ1) is 13.8. The van der Waals surface area contributed by atoms with Crippen molar-refractivity contribution in [3.63, 3.8) is 0 Å². The van der Waals surface area contributed by atoms with Crippen LogP contribution in [0.25, 0.3) is 0 Å². The van der Waals surface area contributed by atoms with E-state index in [0.29, 0.717) is 21.3 Å². The molecule has 3 N–H and O–H groups in total. The van der Waals surface area contributed by atoms with Gasteiger partial charge in [-0.3, -0.25) is 0 Å². The molecule has 2 aromatic carbocycles. The quantitative estimate of drug-likeness (QED) is 0.727. The molecule has 0 amide bonds. The van der Waals surface area contributed by atoms with Gasteiger partial charge in [-0.1, -0.05) is 29.3 Å². The Balaban J connectivity index is 2.31. The van der Waals surface area contributed by atoms with Gasteiger partial charge in [-0.25, -0.2) is 0 Å². The smallest absolute Gasteiger partial charge is 0.121 e. The van der Waals surface area contributed by atoms with Crippen LogP contribution in [-0.4, -0.2) is 10.2 Å². The molecule has 0 heterocycles. The minimum absolute atomic E-state index is 0.0895. The molecule has 2 aromatic rings. The zero-order valence-corrected chi connectivity index (χ0v) is 11.7. The molecule has 0 spiro atoms. The summed E-state index contributed by atoms with van der Waals surface area (Å²) in [6.07, 6.45) is 0. The molecule has 0 aliphatic rings. The van der Waals surface area contributed by atoms with Crippen molar-refractivity contribution in [2.45, 2.75) is 13.0 Å². The summed E-state index contributed by atoms with van der Waals surface area (Å²) >= 11 is 12.1. The molecule has 0 bridgehead atoms. The minimum atomic E-state index is -0.260. The van der Waals surface area contributed by atoms with E-state index in [1.165, 1.54) is 18.2 Å². The number of aromatic hydroxyl groups is 2. The summed E-state index contributed by atoms with van der Waals surface area (Å²) in [5, 5.41) is 23.4. The van der Waals surface area contributed by atoms with Crippen LogP contribution in [0.1, 0.15) is 18.5 Å². The first-order valence-corrected chi connectivity index (χ1v) is 6.47. The average Bonchev–Trinajstić information content (AvgIpc) is 2.37. The second-order valence-corrected chi connectivity index (χ2v) is 5.02. The first-order valence-electron chi connectivity index (χ1n) is 5.71. The van der Waals surface area contributed by atoms with E-state index in [1.807, 2.05) is 6.92 Å². The number of para-hydroxylation sites is 1. The Hall–Kier alpha value is -1.58. The molecule has 0 aromatic heterocycles. The van der Waals surface area contributed by atoms with Crippen LogP contribution in [0.5, 0.6) is 11.5 Å². The topological polar surface area (TPSA) is 52.5 Å². The second-order valence-electron chi connectivity index (χ2n) is 4.21. The number of anilines is 1. The number of phenols is 2. The van der Waals surface area contributed by atoms with Crippen molar-refractivity contribution in [2.24, 2.45) is 0 Å². The van der Waals surface area contributed by atoms with Crippen LogP contribution in [0.4, 0.5) is 5.69 Å². The summed E-state index contributed by atoms with van der Waals surface area (Å²) in [6.45, 7) is 1.84. The number of halogens is 2. The highest BCUT2D eigenvalue weighted by atomic mass is 35.5. The minimum Gasteiger partial charge on any atom is -0.508 e. The first-order chi connectivity index (χ1) is 8.99. The molecule has 0 fully saturated rings. The van der Waals surface area contributed by atoms with Crippen molar-refractivity contribution < 1.29 is 10.2 Å². The fraction of sp³-hybridized carbons (Fsp3) is 0.143. The van der Waals surface area contributed by atoms with E-state index in [4.69, 9.17) is 23.2 Å². The van der Waals surface area contributed by atoms with E-state index in [1.54, 1.807) is 18.2 Å². The second kappa shape index (κ2) is 5.59. The third-order valence-electron chi connectivity index (χ3n) is 2.80. The average molecular weight is 298 g/mol. The normalized spacial score (nSPS) is 12.2. The number of nitrogens with one attached hydrogen (secondary N) is 1. The Labute approximate surface area is 121 Å². The highest BCUT2D eigenvalue weighted by molar-refractivity contribution is 6.39. The molecule has 0 aliphatic carbocycles. The zero-order chi connectivity index (χ0) is 14.0. The summed E-state index contributed by atoms with van der Waals surface area (Å²) in [5.41, 5.74) is 1.16. The monoisotopic (exact) mass is 297 g/mol. The highest BCUT2D eigenvalue weighted by Gasteiger charge is 2.14. The molecule has 0 saturated heterocycles. The molecular weight excluding hydrogens is 285 g/mol. The Bertz CT molecular complexity index is 582. The van der Waals surface area contributed by atoms with Crippen molar-refractivity contribution in [1.82, 2.24) is 0 Å². The van der Waals surface area contributed by atoms with Gasteiger partial charge in [-0.2, -0.15) is 0 Å². The van der Waals surface area contributed by atoms with E-state index in [9.17, 15) is 10.2 Å². The Morgan fingerprint density at radius 1 is 1.05 bits per heavy atom. The lowest BCUT2D eigenvalue weighted by atomic mass is 10.1. The van der Waals surface area contributed by atoms with Crippen molar-refractivity contribution in [1.29, 1.82) is 0 Å². The largest absolute Gasteiger partial charge is 0.508 e. The van der Waals surface area contributed by atoms with E-state index < -0.39 is 0 Å². The van der Waals surface area contributed by atoms with Gasteiger partial charge in [0.05, 0.1) is 21.8 Å². The summed E-state index contributed by atoms with van der Waals surface area (Å²) in [4.78, 5) is 0. The number of hydrogen-bond acceptors (Lipinski definition) is 3. The summed E-state index contributed by atoms with van der Waals surface area (Å²) in [7, 11) is 0. The van der Waals surface area contributed by atoms with Crippen LogP contribution in [-0.2, 0) is 0 Å². The van der Waals surface area contributed by atoms with E-state index in [0.717, 1.165) is 0 Å². The molecule has 2 rings (SSSR count). The number of phenolic OH excluding ortho intramolecular Hbond substituents is 2. The Kier molecular flexibility index (Phi) is 4.08. The van der Waals surface area contributed by atoms with Gasteiger partial charge in [0.25, 0.3) is 0 Å². The van der Waals surface area contributed by atoms with Crippen LogP contribution < -0.4 is 5.32 Å². The number of benzene rings is 2. The van der Waals surface area contributed by atoms with Gasteiger partial charge in [0, 0.05) is 5.56 Å². The molecule has 1 atom stereocenters. The molecule has 5 heteroatoms. The third kappa shape index (κ3) is 3.06. The van der Waals surface area contributed by atoms with Crippen molar-refractivity contribution >= 4 is 28.9 Å². The van der Waals surface area contributed by atoms with E-state index >= 15 is 0 Å². The van der Waals surface area contributed by atoms with Gasteiger partial charge in [0.2, 0.25) is 0 Å². The van der Waals surface area contributed by atoms with Crippen molar-refractivity contribution in [3.8, 4) is 11.5 Å². The van der Waals surface area contributed by atoms with Crippen LogP contribution in [0.2, 0.25) is 10.0 Å². The third-order valence-corrected chi connectivity index (χ3v) is 3.43. The number of hydrogen-bond donors (Lipinski definition) is 3. The van der Waals surface area contributed by atoms with Crippen LogP contribution >= 0.6 is 23.2 Å². The molecule has 1 unspecified atom stereocenters. The van der Waals surface area contributed by atoms with Crippen LogP contribution in [0, 0.1) is 0 Å². The maximum absolute atomic E-state index is 9.80. The van der Waals surface area contributed by atoms with Crippen molar-refractivity contribution in [2.75, 3.05) is 5.32 Å². The van der Waals surface area contributed by atoms with Gasteiger partial charge >= 0.3 is 0 Å². The summed E-state index contributed by atoms with van der Waals surface area (Å²) in [6, 6.07) is 9.31. The summed E-state index contributed by atoms with van der Waals surface area (Å²) in [5.74, 6) is 0.188. The predicted octanol–water partition coefficient (Wildman–Crippen LogP) is 4.58. The predicted molar refractivity (Wildman–Crippen MR) is 78.3 cm³/mol. The molecule has 0 radical (unpaired) electrons. The van der Waals surface area contributed by atoms with Crippen LogP contribution in [0.15, 0.2) is 36.4 Å². The highest BCUT2D eigenvalue weighted by Crippen LogP contribution is 2.35. The Morgan fingerprint density at radius 2 is 1.68 bits per heavy atom. The molecule has 100 valence electrons. The lowest BCUT2D eigenvalue weighted by Crippen LogP contribution is -2.07. The zero-order valence-electron chi connectivity index (χ0n) is 10.2. The van der Waals surface area contributed by atoms with Gasteiger partial charge < -0.3 is 15.5 Å². The van der Waals surface area contributed by atoms with Crippen LogP contribution in [0.3, 0.4) is 0 Å². The lowest BCUT2D eigenvalue weighted by Gasteiger charge is -2.19. The molecule has 0 saturated carbocycles. The standard InChI is InChI=1S/C14H13Cl2NO2/c1-8(10-7-9(18)5-6-13(10)19)17-14-11(15)3-2-4-12(14)16/h2-8,17-19H,1H3. The van der Waals surface area contributed by atoms with Crippen molar-refractivity contribution in [3.05, 3.63) is 52.0 Å². The maximum Gasteiger partial charge on any atom is 0.121 e. The van der Waals surface area contributed by atoms with Gasteiger partial charge in [0.1, 0.15) is 11.5 Å². The van der Waals surface area contributed by atoms with Gasteiger partial charge in [-0.05, 0) is 37.3 Å². The molecule has 3 nitrogen and oxygen atoms in total. The molecule has 0 aliphatic heterocycles. The maximum atomic E-state index is 9.80. The SMILES string of the molecule is CC(Nc1c(Cl)cccc1Cl)c1cc(O)ccc1O. The summed E-state index contributed by atoms with van der Waals surface area (Å²) < 4.78 is 0. The molecule has 19 heavy (non-hydrogen) atoms. The van der Waals surface area contributed by atoms with Gasteiger partial charge in [-0.15, -0.1) is 0 Å². The Morgan fingerprint density at radius 3 is 2.32 bits per heavy atom. The lowest BCUT2D eigenvalue weighted by molar-refractivity contribution is 0.451. The fourth-order valence-electron chi connectivity index (χ4n) is 1.82. The fourth-order valence-corrected chi connectivity index (χ4v) is 2.33.